The molecule has 0 aliphatic heterocycles. The number of nitrogens with zero attached hydrogens (tertiary/aromatic N) is 2. The molecular formula is C46H68N2O6. The standard InChI is InChI=1S/C46H68N2O6/c1-16-18-22-53-40-35(42(4,5)6)25-32(26-36(40)43(7,8)9)46(50,30(3)47-29-31-24-34(48(51)52)20-21-39(31)49)33-27-37(44(10,11)12)41(54-23-19-17-2)38(28-33)45(13,14)15/h20-21,24-30,49-50H,16-19,22-23H2,1-15H3. The fourth-order valence-corrected chi connectivity index (χ4v) is 6.58. The number of rotatable bonds is 14. The summed E-state index contributed by atoms with van der Waals surface area (Å²) in [7, 11) is 0. The van der Waals surface area contributed by atoms with E-state index in [0.29, 0.717) is 24.3 Å². The third-order valence-electron chi connectivity index (χ3n) is 10.0. The Kier molecular flexibility index (Phi) is 13.9. The van der Waals surface area contributed by atoms with E-state index in [2.05, 4.69) is 121 Å². The molecule has 0 aliphatic carbocycles. The van der Waals surface area contributed by atoms with Gasteiger partial charge in [-0.2, -0.15) is 0 Å². The van der Waals surface area contributed by atoms with E-state index in [0.717, 1.165) is 59.4 Å². The molecule has 0 bridgehead atoms. The van der Waals surface area contributed by atoms with E-state index in [1.165, 1.54) is 24.4 Å². The Morgan fingerprint density at radius 1 is 0.704 bits per heavy atom. The van der Waals surface area contributed by atoms with Crippen LogP contribution < -0.4 is 9.47 Å². The summed E-state index contributed by atoms with van der Waals surface area (Å²) in [5.74, 6) is 1.55. The minimum atomic E-state index is -1.71. The van der Waals surface area contributed by atoms with Crippen molar-refractivity contribution in [2.75, 3.05) is 13.2 Å². The lowest BCUT2D eigenvalue weighted by atomic mass is 9.71. The first kappa shape index (κ1) is 44.5. The zero-order chi connectivity index (χ0) is 41.0. The van der Waals surface area contributed by atoms with E-state index >= 15 is 0 Å². The molecule has 3 aromatic carbocycles. The first-order valence-corrected chi connectivity index (χ1v) is 19.7. The number of phenolic OH excluding ortho intramolecular Hbond substituents is 1. The fourth-order valence-electron chi connectivity index (χ4n) is 6.58. The van der Waals surface area contributed by atoms with Crippen molar-refractivity contribution in [1.82, 2.24) is 0 Å². The average Bonchev–Trinajstić information content (AvgIpc) is 3.05. The molecule has 8 nitrogen and oxygen atoms in total. The molecule has 1 unspecified atom stereocenters. The molecule has 0 radical (unpaired) electrons. The number of phenols is 1. The number of aliphatic imine (C=N–C) groups is 1. The molecule has 0 heterocycles. The van der Waals surface area contributed by atoms with Gasteiger partial charge in [0.05, 0.1) is 24.2 Å². The number of ether oxygens (including phenoxy) is 2. The largest absolute Gasteiger partial charge is 0.507 e. The third kappa shape index (κ3) is 10.2. The molecule has 0 saturated heterocycles. The molecule has 54 heavy (non-hydrogen) atoms. The van der Waals surface area contributed by atoms with Crippen LogP contribution >= 0.6 is 0 Å². The summed E-state index contributed by atoms with van der Waals surface area (Å²) < 4.78 is 13.2. The highest BCUT2D eigenvalue weighted by Gasteiger charge is 2.43. The highest BCUT2D eigenvalue weighted by Crippen LogP contribution is 2.48. The zero-order valence-electron chi connectivity index (χ0n) is 35.9. The second-order valence-corrected chi connectivity index (χ2v) is 18.9. The van der Waals surface area contributed by atoms with Gasteiger partial charge in [0, 0.05) is 46.2 Å². The van der Waals surface area contributed by atoms with E-state index in [1.807, 2.05) is 6.92 Å². The number of nitro groups is 1. The summed E-state index contributed by atoms with van der Waals surface area (Å²) in [4.78, 5) is 16.0. The van der Waals surface area contributed by atoms with Gasteiger partial charge < -0.3 is 19.7 Å². The van der Waals surface area contributed by atoms with Crippen LogP contribution in [0.4, 0.5) is 5.69 Å². The lowest BCUT2D eigenvalue weighted by Crippen LogP contribution is -2.40. The van der Waals surface area contributed by atoms with Gasteiger partial charge >= 0.3 is 0 Å². The predicted octanol–water partition coefficient (Wildman–Crippen LogP) is 11.6. The normalized spacial score (nSPS) is 13.7. The predicted molar refractivity (Wildman–Crippen MR) is 223 cm³/mol. The van der Waals surface area contributed by atoms with Gasteiger partial charge in [-0.1, -0.05) is 110 Å². The Morgan fingerprint density at radius 2 is 1.07 bits per heavy atom. The van der Waals surface area contributed by atoms with Crippen LogP contribution in [-0.2, 0) is 27.3 Å². The summed E-state index contributed by atoms with van der Waals surface area (Å²) >= 11 is 0. The molecule has 0 amide bonds. The van der Waals surface area contributed by atoms with Crippen LogP contribution in [0.25, 0.3) is 0 Å². The van der Waals surface area contributed by atoms with Crippen molar-refractivity contribution in [2.24, 2.45) is 4.99 Å². The van der Waals surface area contributed by atoms with Crippen molar-refractivity contribution < 1.29 is 24.6 Å². The van der Waals surface area contributed by atoms with Crippen LogP contribution in [-0.4, -0.2) is 40.6 Å². The molecular weight excluding hydrogens is 677 g/mol. The van der Waals surface area contributed by atoms with Gasteiger partial charge in [0.25, 0.3) is 5.69 Å². The molecule has 3 aromatic rings. The van der Waals surface area contributed by atoms with Gasteiger partial charge in [-0.25, -0.2) is 0 Å². The summed E-state index contributed by atoms with van der Waals surface area (Å²) in [6.07, 6.45) is 5.29. The number of nitro benzene ring substituents is 1. The van der Waals surface area contributed by atoms with Crippen molar-refractivity contribution in [3.63, 3.8) is 0 Å². The van der Waals surface area contributed by atoms with Crippen LogP contribution in [0.15, 0.2) is 47.5 Å². The van der Waals surface area contributed by atoms with Crippen molar-refractivity contribution in [1.29, 1.82) is 0 Å². The molecule has 0 fully saturated rings. The second kappa shape index (κ2) is 16.8. The maximum Gasteiger partial charge on any atom is 0.270 e. The minimum absolute atomic E-state index is 0.141. The van der Waals surface area contributed by atoms with Crippen LogP contribution in [0, 0.1) is 10.1 Å². The SMILES string of the molecule is CCCCOc1c(C(C)(C)C)cc(C(O)(c2cc(C(C)(C)C)c(OCCCC)c(C(C)(C)C)c2)C(C)N=Cc2cc([N+](=O)[O-])ccc2O)cc1C(C)(C)C. The number of hydrogen-bond acceptors (Lipinski definition) is 7. The summed E-state index contributed by atoms with van der Waals surface area (Å²) in [5, 5.41) is 36.0. The maximum absolute atomic E-state index is 13.7. The first-order chi connectivity index (χ1) is 24.8. The van der Waals surface area contributed by atoms with Gasteiger partial charge in [0.15, 0.2) is 0 Å². The lowest BCUT2D eigenvalue weighted by Gasteiger charge is -2.39. The molecule has 1 atom stereocenters. The van der Waals surface area contributed by atoms with E-state index in [9.17, 15) is 20.3 Å². The second-order valence-electron chi connectivity index (χ2n) is 18.9. The van der Waals surface area contributed by atoms with Gasteiger partial charge in [0.1, 0.15) is 22.8 Å². The van der Waals surface area contributed by atoms with Crippen LogP contribution in [0.1, 0.15) is 168 Å². The molecule has 0 spiro atoms. The van der Waals surface area contributed by atoms with Crippen molar-refractivity contribution >= 4 is 11.9 Å². The van der Waals surface area contributed by atoms with Crippen molar-refractivity contribution in [3.8, 4) is 17.2 Å². The smallest absolute Gasteiger partial charge is 0.270 e. The number of aromatic hydroxyl groups is 1. The van der Waals surface area contributed by atoms with E-state index in [-0.39, 0.29) is 38.7 Å². The Bertz CT molecular complexity index is 1640. The summed E-state index contributed by atoms with van der Waals surface area (Å²) in [6.45, 7) is 33.3. The summed E-state index contributed by atoms with van der Waals surface area (Å²) in [6, 6.07) is 11.3. The zero-order valence-corrected chi connectivity index (χ0v) is 35.9. The number of non-ortho nitro benzene ring substituents is 1. The number of aliphatic hydroxyl groups is 1. The van der Waals surface area contributed by atoms with Crippen molar-refractivity contribution in [3.05, 3.63) is 91.5 Å². The molecule has 3 rings (SSSR count). The third-order valence-corrected chi connectivity index (χ3v) is 10.0. The van der Waals surface area contributed by atoms with E-state index < -0.39 is 16.6 Å². The Balaban J connectivity index is 2.57. The van der Waals surface area contributed by atoms with Crippen molar-refractivity contribution in [2.45, 2.75) is 163 Å². The Hall–Kier alpha value is -3.91. The summed E-state index contributed by atoms with van der Waals surface area (Å²) in [5.41, 5.74) is 2.20. The van der Waals surface area contributed by atoms with Crippen LogP contribution in [0.2, 0.25) is 0 Å². The number of unbranched alkanes of at least 4 members (excludes halogenated alkanes) is 2. The lowest BCUT2D eigenvalue weighted by molar-refractivity contribution is -0.384. The molecule has 0 aliphatic rings. The topological polar surface area (TPSA) is 114 Å². The van der Waals surface area contributed by atoms with Gasteiger partial charge in [-0.15, -0.1) is 0 Å². The Morgan fingerprint density at radius 3 is 1.39 bits per heavy atom. The average molecular weight is 745 g/mol. The highest BCUT2D eigenvalue weighted by atomic mass is 16.6. The molecule has 0 saturated carbocycles. The molecule has 0 aromatic heterocycles. The molecule has 2 N–H and O–H groups in total. The maximum atomic E-state index is 13.7. The number of benzene rings is 3. The van der Waals surface area contributed by atoms with Crippen LogP contribution in [0.5, 0.6) is 17.2 Å². The molecule has 298 valence electrons. The van der Waals surface area contributed by atoms with E-state index in [4.69, 9.17) is 14.5 Å². The Labute approximate surface area is 325 Å². The first-order valence-electron chi connectivity index (χ1n) is 19.7. The quantitative estimate of drug-likeness (QED) is 0.0735. The van der Waals surface area contributed by atoms with Gasteiger partial charge in [0.2, 0.25) is 0 Å². The number of hydrogen-bond donors (Lipinski definition) is 2. The van der Waals surface area contributed by atoms with Crippen LogP contribution in [0.3, 0.4) is 0 Å². The van der Waals surface area contributed by atoms with Gasteiger partial charge in [-0.3, -0.25) is 15.1 Å². The molecule has 8 heteroatoms. The highest BCUT2D eigenvalue weighted by molar-refractivity contribution is 5.84. The fraction of sp³-hybridized carbons (Fsp3) is 0.587. The minimum Gasteiger partial charge on any atom is -0.507 e. The van der Waals surface area contributed by atoms with E-state index in [1.54, 1.807) is 0 Å². The van der Waals surface area contributed by atoms with Gasteiger partial charge in [-0.05, 0) is 82.9 Å². The monoisotopic (exact) mass is 745 g/mol.